The lowest BCUT2D eigenvalue weighted by Crippen LogP contribution is -1.98. The van der Waals surface area contributed by atoms with Crippen molar-refractivity contribution in [2.24, 2.45) is 0 Å². The van der Waals surface area contributed by atoms with E-state index in [2.05, 4.69) is 9.97 Å². The Labute approximate surface area is 120 Å². The first-order valence-electron chi connectivity index (χ1n) is 5.75. The largest absolute Gasteiger partial charge is 0.437 e. The molecule has 0 unspecified atom stereocenters. The highest BCUT2D eigenvalue weighted by Crippen LogP contribution is 2.29. The van der Waals surface area contributed by atoms with E-state index in [0.29, 0.717) is 23.1 Å². The summed E-state index contributed by atoms with van der Waals surface area (Å²) < 4.78 is 18.4. The Balaban J connectivity index is 2.27. The second-order valence-electron chi connectivity index (χ2n) is 3.87. The van der Waals surface area contributed by atoms with Crippen LogP contribution in [0.5, 0.6) is 11.6 Å². The molecule has 0 fully saturated rings. The molecule has 2 aromatic rings. The molecule has 19 heavy (non-hydrogen) atoms. The van der Waals surface area contributed by atoms with E-state index in [1.54, 1.807) is 0 Å². The van der Waals surface area contributed by atoms with Gasteiger partial charge in [-0.15, -0.1) is 0 Å². The van der Waals surface area contributed by atoms with Gasteiger partial charge < -0.3 is 4.74 Å². The highest BCUT2D eigenvalue weighted by molar-refractivity contribution is 6.32. The first kappa shape index (κ1) is 14.0. The van der Waals surface area contributed by atoms with E-state index in [1.807, 2.05) is 6.92 Å². The second-order valence-corrected chi connectivity index (χ2v) is 4.67. The zero-order chi connectivity index (χ0) is 13.8. The second kappa shape index (κ2) is 6.17. The normalized spacial score (nSPS) is 10.5. The summed E-state index contributed by atoms with van der Waals surface area (Å²) in [5, 5.41) is 0.471. The Bertz CT molecular complexity index is 593. The van der Waals surface area contributed by atoms with Gasteiger partial charge in [-0.25, -0.2) is 9.37 Å². The fraction of sp³-hybridized carbons (Fsp3) is 0.231. The molecule has 0 atom stereocenters. The molecule has 0 saturated carbocycles. The van der Waals surface area contributed by atoms with Crippen molar-refractivity contribution in [1.29, 1.82) is 0 Å². The van der Waals surface area contributed by atoms with E-state index in [0.717, 1.165) is 6.42 Å². The maximum Gasteiger partial charge on any atom is 0.224 e. The van der Waals surface area contributed by atoms with Gasteiger partial charge >= 0.3 is 0 Å². The molecular weight excluding hydrogens is 290 g/mol. The maximum absolute atomic E-state index is 12.9. The predicted molar refractivity (Wildman–Crippen MR) is 72.5 cm³/mol. The molecule has 0 N–H and O–H groups in total. The van der Waals surface area contributed by atoms with Gasteiger partial charge in [-0.2, -0.15) is 4.98 Å². The summed E-state index contributed by atoms with van der Waals surface area (Å²) in [7, 11) is 0. The Hall–Kier alpha value is -1.39. The predicted octanol–water partition coefficient (Wildman–Crippen LogP) is 4.67. The van der Waals surface area contributed by atoms with Crippen LogP contribution in [0.2, 0.25) is 10.2 Å². The van der Waals surface area contributed by atoms with Gasteiger partial charge in [-0.05, 0) is 24.6 Å². The average molecular weight is 301 g/mol. The highest BCUT2D eigenvalue weighted by Gasteiger charge is 2.08. The lowest BCUT2D eigenvalue weighted by atomic mass is 10.3. The van der Waals surface area contributed by atoms with Crippen LogP contribution >= 0.6 is 23.2 Å². The van der Waals surface area contributed by atoms with Crippen molar-refractivity contribution < 1.29 is 9.13 Å². The molecule has 100 valence electrons. The van der Waals surface area contributed by atoms with Crippen molar-refractivity contribution in [3.8, 4) is 11.6 Å². The molecule has 0 aliphatic heterocycles. The summed E-state index contributed by atoms with van der Waals surface area (Å²) >= 11 is 11.8. The molecule has 1 aromatic carbocycles. The van der Waals surface area contributed by atoms with E-state index in [9.17, 15) is 4.39 Å². The fourth-order valence-corrected chi connectivity index (χ4v) is 1.90. The topological polar surface area (TPSA) is 35.0 Å². The van der Waals surface area contributed by atoms with Crippen LogP contribution in [0.3, 0.4) is 0 Å². The highest BCUT2D eigenvalue weighted by atomic mass is 35.5. The number of hydrogen-bond donors (Lipinski definition) is 0. The third-order valence-electron chi connectivity index (χ3n) is 2.30. The summed E-state index contributed by atoms with van der Waals surface area (Å²) in [6, 6.07) is 5.36. The molecule has 0 radical (unpaired) electrons. The van der Waals surface area contributed by atoms with Crippen LogP contribution in [-0.4, -0.2) is 9.97 Å². The minimum Gasteiger partial charge on any atom is -0.437 e. The van der Waals surface area contributed by atoms with Crippen LogP contribution in [0.1, 0.15) is 19.2 Å². The van der Waals surface area contributed by atoms with Crippen molar-refractivity contribution in [2.45, 2.75) is 19.8 Å². The standard InChI is InChI=1S/C13H11Cl2FN2O/c1-2-3-12-17-11(15)7-13(18-12)19-10-5-4-8(16)6-9(10)14/h4-7H,2-3H2,1H3. The van der Waals surface area contributed by atoms with Crippen molar-refractivity contribution in [1.82, 2.24) is 9.97 Å². The molecule has 0 aliphatic rings. The number of hydrogen-bond acceptors (Lipinski definition) is 3. The minimum atomic E-state index is -0.426. The van der Waals surface area contributed by atoms with Crippen LogP contribution in [0, 0.1) is 5.82 Å². The van der Waals surface area contributed by atoms with Crippen molar-refractivity contribution in [2.75, 3.05) is 0 Å². The van der Waals surface area contributed by atoms with Gasteiger partial charge in [0.05, 0.1) is 5.02 Å². The van der Waals surface area contributed by atoms with Gasteiger partial charge in [0, 0.05) is 12.5 Å². The molecule has 1 heterocycles. The Morgan fingerprint density at radius 2 is 2.00 bits per heavy atom. The molecule has 0 bridgehead atoms. The summed E-state index contributed by atoms with van der Waals surface area (Å²) in [4.78, 5) is 8.30. The van der Waals surface area contributed by atoms with Gasteiger partial charge in [0.1, 0.15) is 22.5 Å². The third kappa shape index (κ3) is 3.78. The summed E-state index contributed by atoms with van der Waals surface area (Å²) in [6.45, 7) is 2.02. The van der Waals surface area contributed by atoms with E-state index in [-0.39, 0.29) is 10.9 Å². The molecule has 6 heteroatoms. The molecule has 0 amide bonds. The summed E-state index contributed by atoms with van der Waals surface area (Å²) in [5.74, 6) is 0.783. The Morgan fingerprint density at radius 1 is 1.21 bits per heavy atom. The molecular formula is C13H11Cl2FN2O. The molecule has 0 saturated heterocycles. The van der Waals surface area contributed by atoms with E-state index in [4.69, 9.17) is 27.9 Å². The van der Waals surface area contributed by atoms with Gasteiger partial charge in [0.2, 0.25) is 5.88 Å². The first-order chi connectivity index (χ1) is 9.08. The number of aromatic nitrogens is 2. The van der Waals surface area contributed by atoms with Gasteiger partial charge in [-0.1, -0.05) is 30.1 Å². The van der Waals surface area contributed by atoms with Gasteiger partial charge in [0.25, 0.3) is 0 Å². The Kier molecular flexibility index (Phi) is 4.56. The zero-order valence-electron chi connectivity index (χ0n) is 10.2. The van der Waals surface area contributed by atoms with Crippen molar-refractivity contribution >= 4 is 23.2 Å². The lowest BCUT2D eigenvalue weighted by molar-refractivity contribution is 0.457. The molecule has 0 aliphatic carbocycles. The number of benzene rings is 1. The summed E-state index contributed by atoms with van der Waals surface area (Å²) in [6.07, 6.45) is 1.60. The van der Waals surface area contributed by atoms with Crippen LogP contribution in [0.4, 0.5) is 4.39 Å². The van der Waals surface area contributed by atoms with Crippen LogP contribution < -0.4 is 4.74 Å². The number of aryl methyl sites for hydroxylation is 1. The zero-order valence-corrected chi connectivity index (χ0v) is 11.7. The van der Waals surface area contributed by atoms with Crippen molar-refractivity contribution in [3.63, 3.8) is 0 Å². The smallest absolute Gasteiger partial charge is 0.224 e. The lowest BCUT2D eigenvalue weighted by Gasteiger charge is -2.08. The Morgan fingerprint density at radius 3 is 2.68 bits per heavy atom. The fourth-order valence-electron chi connectivity index (χ4n) is 1.50. The number of rotatable bonds is 4. The molecule has 2 rings (SSSR count). The number of nitrogens with zero attached hydrogens (tertiary/aromatic N) is 2. The van der Waals surface area contributed by atoms with Gasteiger partial charge in [-0.3, -0.25) is 0 Å². The van der Waals surface area contributed by atoms with Crippen molar-refractivity contribution in [3.05, 3.63) is 46.1 Å². The molecule has 0 spiro atoms. The number of halogens is 3. The van der Waals surface area contributed by atoms with E-state index in [1.165, 1.54) is 24.3 Å². The third-order valence-corrected chi connectivity index (χ3v) is 2.79. The van der Waals surface area contributed by atoms with E-state index < -0.39 is 5.82 Å². The quantitative estimate of drug-likeness (QED) is 0.770. The number of ether oxygens (including phenoxy) is 1. The van der Waals surface area contributed by atoms with Crippen LogP contribution in [0.15, 0.2) is 24.3 Å². The molecule has 1 aromatic heterocycles. The monoisotopic (exact) mass is 300 g/mol. The van der Waals surface area contributed by atoms with E-state index >= 15 is 0 Å². The first-order valence-corrected chi connectivity index (χ1v) is 6.50. The van der Waals surface area contributed by atoms with Gasteiger partial charge in [0.15, 0.2) is 0 Å². The maximum atomic E-state index is 12.9. The van der Waals surface area contributed by atoms with Crippen LogP contribution in [-0.2, 0) is 6.42 Å². The SMILES string of the molecule is CCCc1nc(Cl)cc(Oc2ccc(F)cc2Cl)n1. The molecule has 3 nitrogen and oxygen atoms in total. The summed E-state index contributed by atoms with van der Waals surface area (Å²) in [5.41, 5.74) is 0. The van der Waals surface area contributed by atoms with Crippen LogP contribution in [0.25, 0.3) is 0 Å². The average Bonchev–Trinajstić information content (AvgIpc) is 2.32. The minimum absolute atomic E-state index is 0.173.